The Labute approximate surface area is 120 Å². The molecule has 0 radical (unpaired) electrons. The zero-order valence-electron chi connectivity index (χ0n) is 12.6. The Hall–Kier alpha value is -1.14. The highest BCUT2D eigenvalue weighted by atomic mass is 16.9. The molecule has 0 aromatic heterocycles. The van der Waals surface area contributed by atoms with Crippen LogP contribution in [0.1, 0.15) is 59.3 Å². The van der Waals surface area contributed by atoms with Crippen LogP contribution in [0.4, 0.5) is 0 Å². The number of esters is 1. The van der Waals surface area contributed by atoms with Gasteiger partial charge < -0.3 is 19.3 Å². The lowest BCUT2D eigenvalue weighted by Gasteiger charge is -2.28. The fourth-order valence-electron chi connectivity index (χ4n) is 1.78. The van der Waals surface area contributed by atoms with Crippen molar-refractivity contribution >= 4 is 11.9 Å². The summed E-state index contributed by atoms with van der Waals surface area (Å²) in [5.74, 6) is -2.47. The van der Waals surface area contributed by atoms with Crippen molar-refractivity contribution in [2.24, 2.45) is 0 Å². The summed E-state index contributed by atoms with van der Waals surface area (Å²) in [6, 6.07) is 0. The Bertz CT molecular complexity index is 283. The predicted octanol–water partition coefficient (Wildman–Crippen LogP) is 2.70. The minimum atomic E-state index is -1.32. The number of carbonyl (C=O) groups excluding carboxylic acids is 1. The largest absolute Gasteiger partial charge is 0.481 e. The van der Waals surface area contributed by atoms with Gasteiger partial charge >= 0.3 is 17.9 Å². The molecule has 0 rings (SSSR count). The number of hydrogen-bond donors (Lipinski definition) is 1. The first-order chi connectivity index (χ1) is 9.43. The summed E-state index contributed by atoms with van der Waals surface area (Å²) in [5.41, 5.74) is 0. The topological polar surface area (TPSA) is 82.1 Å². The van der Waals surface area contributed by atoms with E-state index in [4.69, 9.17) is 19.3 Å². The second-order valence-electron chi connectivity index (χ2n) is 4.51. The number of carboxylic acids is 1. The molecule has 6 heteroatoms. The van der Waals surface area contributed by atoms with Crippen molar-refractivity contribution < 1.29 is 28.9 Å². The van der Waals surface area contributed by atoms with E-state index in [0.717, 1.165) is 12.8 Å². The summed E-state index contributed by atoms with van der Waals surface area (Å²) in [7, 11) is 0. The molecule has 0 spiro atoms. The van der Waals surface area contributed by atoms with Gasteiger partial charge in [-0.25, -0.2) is 0 Å². The Balaban J connectivity index is 3.82. The van der Waals surface area contributed by atoms with Gasteiger partial charge in [0, 0.05) is 19.8 Å². The smallest absolute Gasteiger partial charge is 0.326 e. The first-order valence-corrected chi connectivity index (χ1v) is 7.15. The van der Waals surface area contributed by atoms with Crippen molar-refractivity contribution in [3.8, 4) is 0 Å². The normalized spacial score (nSPS) is 11.3. The lowest BCUT2D eigenvalue weighted by atomic mass is 10.1. The lowest BCUT2D eigenvalue weighted by molar-refractivity contribution is -0.349. The van der Waals surface area contributed by atoms with E-state index in [0.29, 0.717) is 26.1 Å². The van der Waals surface area contributed by atoms with Crippen LogP contribution in [0.25, 0.3) is 0 Å². The molecule has 20 heavy (non-hydrogen) atoms. The average molecular weight is 290 g/mol. The first-order valence-electron chi connectivity index (χ1n) is 7.15. The van der Waals surface area contributed by atoms with E-state index < -0.39 is 11.9 Å². The molecule has 0 atom stereocenters. The summed E-state index contributed by atoms with van der Waals surface area (Å²) in [6.07, 6.45) is 3.38. The van der Waals surface area contributed by atoms with Crippen LogP contribution in [0.2, 0.25) is 0 Å². The molecular formula is C14H26O6. The lowest BCUT2D eigenvalue weighted by Crippen LogP contribution is -2.38. The van der Waals surface area contributed by atoms with E-state index in [-0.39, 0.29) is 18.8 Å². The third-order valence-corrected chi connectivity index (χ3v) is 2.63. The maximum Gasteiger partial charge on any atom is 0.326 e. The summed E-state index contributed by atoms with van der Waals surface area (Å²) in [5, 5.41) is 8.48. The van der Waals surface area contributed by atoms with Crippen LogP contribution < -0.4 is 0 Å². The average Bonchev–Trinajstić information content (AvgIpc) is 2.33. The Morgan fingerprint density at radius 1 is 0.950 bits per heavy atom. The van der Waals surface area contributed by atoms with Crippen molar-refractivity contribution in [3.63, 3.8) is 0 Å². The number of carbonyl (C=O) groups is 2. The highest BCUT2D eigenvalue weighted by Gasteiger charge is 2.29. The number of unbranched alkanes of at least 4 members (excludes halogenated alkanes) is 3. The number of ether oxygens (including phenoxy) is 3. The molecular weight excluding hydrogens is 264 g/mol. The summed E-state index contributed by atoms with van der Waals surface area (Å²) in [6.45, 7) is 5.95. The highest BCUT2D eigenvalue weighted by molar-refractivity contribution is 5.69. The number of rotatable bonds is 12. The molecule has 1 N–H and O–H groups in total. The number of carboxylic acid groups (broad SMARTS) is 1. The molecule has 0 aliphatic heterocycles. The first kappa shape index (κ1) is 18.9. The quantitative estimate of drug-likeness (QED) is 0.338. The van der Waals surface area contributed by atoms with Crippen LogP contribution in [-0.2, 0) is 23.8 Å². The molecule has 0 aliphatic carbocycles. The summed E-state index contributed by atoms with van der Waals surface area (Å²) >= 11 is 0. The minimum absolute atomic E-state index is 0.178. The van der Waals surface area contributed by atoms with Crippen molar-refractivity contribution in [1.29, 1.82) is 0 Å². The molecule has 0 unspecified atom stereocenters. The van der Waals surface area contributed by atoms with Gasteiger partial charge in [-0.15, -0.1) is 0 Å². The van der Waals surface area contributed by atoms with Crippen molar-refractivity contribution in [1.82, 2.24) is 0 Å². The zero-order chi connectivity index (χ0) is 15.4. The maximum absolute atomic E-state index is 11.7. The molecule has 0 aromatic carbocycles. The zero-order valence-corrected chi connectivity index (χ0v) is 12.6. The Kier molecular flexibility index (Phi) is 10.0. The molecule has 0 fully saturated rings. The molecule has 0 heterocycles. The maximum atomic E-state index is 11.7. The molecule has 0 aromatic rings. The van der Waals surface area contributed by atoms with Crippen LogP contribution in [0.3, 0.4) is 0 Å². The molecule has 0 saturated carbocycles. The van der Waals surface area contributed by atoms with E-state index in [1.54, 1.807) is 20.8 Å². The van der Waals surface area contributed by atoms with Gasteiger partial charge in [0.05, 0.1) is 13.2 Å². The second-order valence-corrected chi connectivity index (χ2v) is 4.51. The van der Waals surface area contributed by atoms with Crippen LogP contribution in [0.15, 0.2) is 0 Å². The van der Waals surface area contributed by atoms with Crippen molar-refractivity contribution in [3.05, 3.63) is 0 Å². The van der Waals surface area contributed by atoms with Gasteiger partial charge in [0.15, 0.2) is 0 Å². The minimum Gasteiger partial charge on any atom is -0.481 e. The SMILES string of the molecule is CCOC(C)(OCC)OC(=O)CCCCCCC(=O)O. The van der Waals surface area contributed by atoms with Crippen molar-refractivity contribution in [2.45, 2.75) is 65.3 Å². The molecule has 118 valence electrons. The van der Waals surface area contributed by atoms with E-state index in [9.17, 15) is 9.59 Å². The fraction of sp³-hybridized carbons (Fsp3) is 0.857. The van der Waals surface area contributed by atoms with Crippen LogP contribution in [0, 0.1) is 0 Å². The van der Waals surface area contributed by atoms with Crippen LogP contribution in [0.5, 0.6) is 0 Å². The molecule has 0 aliphatic rings. The van der Waals surface area contributed by atoms with E-state index >= 15 is 0 Å². The summed E-state index contributed by atoms with van der Waals surface area (Å²) in [4.78, 5) is 22.0. The van der Waals surface area contributed by atoms with Gasteiger partial charge in [-0.3, -0.25) is 9.59 Å². The van der Waals surface area contributed by atoms with E-state index in [2.05, 4.69) is 0 Å². The van der Waals surface area contributed by atoms with Crippen LogP contribution in [-0.4, -0.2) is 36.2 Å². The van der Waals surface area contributed by atoms with Gasteiger partial charge in [-0.2, -0.15) is 0 Å². The van der Waals surface area contributed by atoms with Gasteiger partial charge in [0.2, 0.25) is 0 Å². The van der Waals surface area contributed by atoms with Gasteiger partial charge in [-0.1, -0.05) is 12.8 Å². The van der Waals surface area contributed by atoms with Crippen LogP contribution >= 0.6 is 0 Å². The third kappa shape index (κ3) is 9.75. The van der Waals surface area contributed by atoms with Gasteiger partial charge in [-0.05, 0) is 26.7 Å². The second kappa shape index (κ2) is 10.6. The Morgan fingerprint density at radius 3 is 1.90 bits per heavy atom. The fourth-order valence-corrected chi connectivity index (χ4v) is 1.78. The monoisotopic (exact) mass is 290 g/mol. The van der Waals surface area contributed by atoms with Gasteiger partial charge in [0.25, 0.3) is 0 Å². The van der Waals surface area contributed by atoms with Gasteiger partial charge in [0.1, 0.15) is 0 Å². The van der Waals surface area contributed by atoms with E-state index in [1.165, 1.54) is 0 Å². The molecule has 0 amide bonds. The predicted molar refractivity (Wildman–Crippen MR) is 73.1 cm³/mol. The summed E-state index contributed by atoms with van der Waals surface area (Å²) < 4.78 is 15.7. The molecule has 0 bridgehead atoms. The standard InChI is InChI=1S/C14H26O6/c1-4-18-14(3,19-5-2)20-13(17)11-9-7-6-8-10-12(15)16/h4-11H2,1-3H3,(H,15,16). The van der Waals surface area contributed by atoms with E-state index in [1.807, 2.05) is 0 Å². The number of aliphatic carboxylic acids is 1. The molecule has 6 nitrogen and oxygen atoms in total. The third-order valence-electron chi connectivity index (χ3n) is 2.63. The highest BCUT2D eigenvalue weighted by Crippen LogP contribution is 2.16. The molecule has 0 saturated heterocycles. The number of hydrogen-bond acceptors (Lipinski definition) is 5. The Morgan fingerprint density at radius 2 is 1.45 bits per heavy atom. The van der Waals surface area contributed by atoms with Crippen molar-refractivity contribution in [2.75, 3.05) is 13.2 Å².